The Hall–Kier alpha value is -5.55. The Bertz CT molecular complexity index is 2670. The molecule has 0 bridgehead atoms. The van der Waals surface area contributed by atoms with Crippen LogP contribution in [0, 0.1) is 6.92 Å². The van der Waals surface area contributed by atoms with Crippen LogP contribution >= 0.6 is 11.6 Å². The van der Waals surface area contributed by atoms with E-state index < -0.39 is 44.8 Å². The van der Waals surface area contributed by atoms with Crippen molar-refractivity contribution in [3.63, 3.8) is 0 Å². The van der Waals surface area contributed by atoms with E-state index in [1.165, 1.54) is 5.56 Å². The molecule has 1 N–H and O–H groups in total. The first-order valence-corrected chi connectivity index (χ1v) is 25.3. The largest absolute Gasteiger partial charge is 0.491 e. The van der Waals surface area contributed by atoms with Crippen molar-refractivity contribution in [1.82, 2.24) is 25.1 Å². The molecule has 362 valence electrons. The van der Waals surface area contributed by atoms with E-state index in [-0.39, 0.29) is 60.7 Å². The maximum atomic E-state index is 13.4. The Morgan fingerprint density at radius 2 is 1.59 bits per heavy atom. The van der Waals surface area contributed by atoms with Crippen LogP contribution in [-0.2, 0) is 53.0 Å². The smallest absolute Gasteiger partial charge is 0.262 e. The van der Waals surface area contributed by atoms with Crippen molar-refractivity contribution < 1.29 is 46.6 Å². The number of imide groups is 2. The topological polar surface area (TPSA) is 191 Å². The van der Waals surface area contributed by atoms with Crippen LogP contribution in [0.4, 0.5) is 0 Å². The van der Waals surface area contributed by atoms with E-state index in [0.29, 0.717) is 85.4 Å². The predicted molar refractivity (Wildman–Crippen MR) is 255 cm³/mol. The summed E-state index contributed by atoms with van der Waals surface area (Å²) in [7, 11) is -3.52. The van der Waals surface area contributed by atoms with Crippen molar-refractivity contribution in [2.24, 2.45) is 0 Å². The number of piperidine rings is 2. The number of hydrogen-bond acceptors (Lipinski definition) is 12. The van der Waals surface area contributed by atoms with Gasteiger partial charge in [0.25, 0.3) is 11.8 Å². The maximum absolute atomic E-state index is 13.4. The lowest BCUT2D eigenvalue weighted by atomic mass is 9.85. The Labute approximate surface area is 403 Å². The SMILES string of the molecule is Cc1cc(Cc2ncc(Cl)c(Cc3ccccc3S(=O)(=O)C(C)C)n2)c(OC(C)C)cc1C1CCN(C(=O)CCOCCOCCCc2cccc3c2C(=O)N(C2CCC(=O)NC2=O)C3=O)CC1. The number of carbonyl (C=O) groups is 5. The lowest BCUT2D eigenvalue weighted by Crippen LogP contribution is -2.54. The zero-order valence-electron chi connectivity index (χ0n) is 39.3. The average molecular weight is 971 g/mol. The van der Waals surface area contributed by atoms with Gasteiger partial charge in [-0.3, -0.25) is 34.2 Å². The minimum Gasteiger partial charge on any atom is -0.491 e. The van der Waals surface area contributed by atoms with Crippen LogP contribution in [0.2, 0.25) is 5.02 Å². The number of sulfone groups is 1. The Morgan fingerprint density at radius 3 is 2.31 bits per heavy atom. The number of nitrogens with zero attached hydrogens (tertiary/aromatic N) is 4. The number of ether oxygens (including phenoxy) is 3. The first-order chi connectivity index (χ1) is 32.5. The summed E-state index contributed by atoms with van der Waals surface area (Å²) in [6.45, 7) is 12.0. The van der Waals surface area contributed by atoms with Gasteiger partial charge in [0, 0.05) is 50.7 Å². The van der Waals surface area contributed by atoms with Crippen LogP contribution in [0.15, 0.2) is 65.7 Å². The number of carbonyl (C=O) groups excluding carboxylic acids is 5. The number of rotatable bonds is 20. The Kier molecular flexibility index (Phi) is 16.5. The van der Waals surface area contributed by atoms with Crippen LogP contribution < -0.4 is 10.1 Å². The molecule has 5 amide bonds. The van der Waals surface area contributed by atoms with E-state index in [4.69, 9.17) is 30.8 Å². The van der Waals surface area contributed by atoms with Gasteiger partial charge in [0.05, 0.1) is 64.3 Å². The number of halogens is 1. The fourth-order valence-corrected chi connectivity index (χ4v) is 10.6. The van der Waals surface area contributed by atoms with Gasteiger partial charge in [-0.25, -0.2) is 18.4 Å². The number of hydrogen-bond donors (Lipinski definition) is 1. The summed E-state index contributed by atoms with van der Waals surface area (Å²) in [5, 5.41) is 2.01. The first-order valence-electron chi connectivity index (χ1n) is 23.4. The molecule has 2 fully saturated rings. The summed E-state index contributed by atoms with van der Waals surface area (Å²) < 4.78 is 44.1. The van der Waals surface area contributed by atoms with E-state index in [0.717, 1.165) is 34.6 Å². The average Bonchev–Trinajstić information content (AvgIpc) is 3.56. The summed E-state index contributed by atoms with van der Waals surface area (Å²) in [5.41, 5.74) is 5.67. The molecule has 2 saturated heterocycles. The molecule has 0 radical (unpaired) electrons. The van der Waals surface area contributed by atoms with Crippen molar-refractivity contribution in [1.29, 1.82) is 0 Å². The van der Waals surface area contributed by atoms with E-state index in [2.05, 4.69) is 29.4 Å². The van der Waals surface area contributed by atoms with Gasteiger partial charge in [0.2, 0.25) is 17.7 Å². The highest BCUT2D eigenvalue weighted by atomic mass is 35.5. The molecular formula is C51H60ClN5O10S. The molecule has 17 heteroatoms. The highest BCUT2D eigenvalue weighted by Gasteiger charge is 2.45. The zero-order chi connectivity index (χ0) is 48.7. The van der Waals surface area contributed by atoms with Crippen LogP contribution in [0.3, 0.4) is 0 Å². The predicted octanol–water partition coefficient (Wildman–Crippen LogP) is 6.75. The third-order valence-corrected chi connectivity index (χ3v) is 15.3. The molecule has 0 spiro atoms. The number of aryl methyl sites for hydroxylation is 2. The van der Waals surface area contributed by atoms with E-state index in [1.54, 1.807) is 56.4 Å². The second kappa shape index (κ2) is 22.3. The zero-order valence-corrected chi connectivity index (χ0v) is 40.9. The summed E-state index contributed by atoms with van der Waals surface area (Å²) in [4.78, 5) is 76.2. The van der Waals surface area contributed by atoms with Crippen molar-refractivity contribution in [3.05, 3.63) is 116 Å². The van der Waals surface area contributed by atoms with Crippen LogP contribution in [-0.4, -0.2) is 115 Å². The first kappa shape index (κ1) is 50.3. The molecule has 15 nitrogen and oxygen atoms in total. The normalized spacial score (nSPS) is 16.8. The second-order valence-corrected chi connectivity index (χ2v) is 21.0. The van der Waals surface area contributed by atoms with Gasteiger partial charge in [0.15, 0.2) is 9.84 Å². The Balaban J connectivity index is 0.849. The fraction of sp³-hybridized carbons (Fsp3) is 0.471. The van der Waals surface area contributed by atoms with Gasteiger partial charge in [0.1, 0.15) is 17.6 Å². The van der Waals surface area contributed by atoms with Crippen LogP contribution in [0.5, 0.6) is 5.75 Å². The molecule has 68 heavy (non-hydrogen) atoms. The highest BCUT2D eigenvalue weighted by molar-refractivity contribution is 7.92. The molecule has 3 aliphatic heterocycles. The molecule has 3 aliphatic rings. The van der Waals surface area contributed by atoms with E-state index in [1.807, 2.05) is 24.8 Å². The van der Waals surface area contributed by atoms with Gasteiger partial charge in [-0.05, 0) is 113 Å². The lowest BCUT2D eigenvalue weighted by molar-refractivity contribution is -0.136. The summed E-state index contributed by atoms with van der Waals surface area (Å²) >= 11 is 6.59. The molecule has 1 aromatic heterocycles. The van der Waals surface area contributed by atoms with Crippen LogP contribution in [0.1, 0.15) is 132 Å². The molecular weight excluding hydrogens is 910 g/mol. The number of fused-ring (bicyclic) bond motifs is 1. The standard InChI is InChI=1S/C51H60ClN5O10S/c1-31(2)67-43-29-39(33(5)26-37(43)28-45-53-30-40(52)41(54-45)27-36-10-6-7-14-44(36)68(63,64)32(3)4)34-17-20-56(21-18-34)47(59)19-23-66-25-24-65-22-9-12-35-11-8-13-38-48(35)51(62)57(50(38)61)42-15-16-46(58)55-49(42)60/h6-8,10-11,13-14,26,29-32,34,42H,9,12,15-25,27-28H2,1-5H3,(H,55,58,60). The minimum absolute atomic E-state index is 0.0484. The maximum Gasteiger partial charge on any atom is 0.262 e. The monoisotopic (exact) mass is 969 g/mol. The third kappa shape index (κ3) is 11.6. The van der Waals surface area contributed by atoms with Gasteiger partial charge in [-0.2, -0.15) is 0 Å². The number of aromatic nitrogens is 2. The number of nitrogens with one attached hydrogen (secondary N) is 1. The van der Waals surface area contributed by atoms with Crippen LogP contribution in [0.25, 0.3) is 0 Å². The molecule has 7 rings (SSSR count). The van der Waals surface area contributed by atoms with Gasteiger partial charge in [-0.15, -0.1) is 0 Å². The van der Waals surface area contributed by atoms with E-state index >= 15 is 0 Å². The molecule has 0 saturated carbocycles. The summed E-state index contributed by atoms with van der Waals surface area (Å²) in [6, 6.07) is 15.3. The quantitative estimate of drug-likeness (QED) is 0.0725. The second-order valence-electron chi connectivity index (χ2n) is 18.1. The van der Waals surface area contributed by atoms with Crippen molar-refractivity contribution in [2.45, 2.75) is 121 Å². The molecule has 3 aromatic carbocycles. The third-order valence-electron chi connectivity index (χ3n) is 12.7. The molecule has 1 unspecified atom stereocenters. The summed E-state index contributed by atoms with van der Waals surface area (Å²) in [5.74, 6) is -0.513. The molecule has 0 aliphatic carbocycles. The van der Waals surface area contributed by atoms with Crippen molar-refractivity contribution in [2.75, 3.05) is 39.5 Å². The number of benzene rings is 3. The van der Waals surface area contributed by atoms with Gasteiger partial charge < -0.3 is 19.1 Å². The number of amides is 5. The van der Waals surface area contributed by atoms with Gasteiger partial charge in [-0.1, -0.05) is 48.0 Å². The molecule has 4 aromatic rings. The van der Waals surface area contributed by atoms with Crippen molar-refractivity contribution >= 4 is 51.0 Å². The van der Waals surface area contributed by atoms with Gasteiger partial charge >= 0.3 is 0 Å². The van der Waals surface area contributed by atoms with E-state index in [9.17, 15) is 32.4 Å². The minimum atomic E-state index is -3.52. The summed E-state index contributed by atoms with van der Waals surface area (Å²) in [6.07, 6.45) is 5.26. The molecule has 1 atom stereocenters. The fourth-order valence-electron chi connectivity index (χ4n) is 9.13. The highest BCUT2D eigenvalue weighted by Crippen LogP contribution is 2.36. The molecule has 4 heterocycles. The number of likely N-dealkylation sites (tertiary alicyclic amines) is 1. The lowest BCUT2D eigenvalue weighted by Gasteiger charge is -2.33. The Morgan fingerprint density at radius 1 is 0.868 bits per heavy atom. The van der Waals surface area contributed by atoms with Crippen molar-refractivity contribution in [3.8, 4) is 5.75 Å².